The summed E-state index contributed by atoms with van der Waals surface area (Å²) in [5, 5.41) is 5.26. The van der Waals surface area contributed by atoms with Crippen LogP contribution in [0.4, 0.5) is 17.1 Å². The Hall–Kier alpha value is -6.74. The van der Waals surface area contributed by atoms with E-state index in [0.717, 1.165) is 11.4 Å². The van der Waals surface area contributed by atoms with Crippen LogP contribution in [0.5, 0.6) is 0 Å². The van der Waals surface area contributed by atoms with Crippen molar-refractivity contribution in [2.45, 2.75) is 38.5 Å². The third kappa shape index (κ3) is 5.04. The monoisotopic (exact) mass is 785 g/mol. The van der Waals surface area contributed by atoms with Gasteiger partial charge < -0.3 is 4.90 Å². The van der Waals surface area contributed by atoms with Crippen LogP contribution in [0.3, 0.4) is 0 Å². The van der Waals surface area contributed by atoms with E-state index in [-0.39, 0.29) is 10.8 Å². The van der Waals surface area contributed by atoms with E-state index in [0.29, 0.717) is 0 Å². The molecule has 60 heavy (non-hydrogen) atoms. The van der Waals surface area contributed by atoms with Crippen LogP contribution in [0.2, 0.25) is 0 Å². The van der Waals surface area contributed by atoms with E-state index in [2.05, 4.69) is 221 Å². The zero-order valence-electron chi connectivity index (χ0n) is 34.3. The topological polar surface area (TPSA) is 3.24 Å². The average molecular weight is 786 g/mol. The molecule has 0 amide bonds. The molecular formula is C58H43NS. The zero-order chi connectivity index (χ0) is 40.3. The minimum Gasteiger partial charge on any atom is -0.310 e. The van der Waals surface area contributed by atoms with Crippen LogP contribution in [-0.4, -0.2) is 0 Å². The third-order valence-electron chi connectivity index (χ3n) is 13.7. The Morgan fingerprint density at radius 1 is 0.400 bits per heavy atom. The third-order valence-corrected chi connectivity index (χ3v) is 14.9. The lowest BCUT2D eigenvalue weighted by Gasteiger charge is -2.38. The lowest BCUT2D eigenvalue weighted by Crippen LogP contribution is -2.24. The van der Waals surface area contributed by atoms with Crippen LogP contribution < -0.4 is 4.90 Å². The van der Waals surface area contributed by atoms with Crippen LogP contribution in [0.1, 0.15) is 49.9 Å². The molecule has 0 fully saturated rings. The second-order valence-corrected chi connectivity index (χ2v) is 18.7. The number of hydrogen-bond donors (Lipinski definition) is 0. The van der Waals surface area contributed by atoms with Crippen LogP contribution in [0.25, 0.3) is 75.5 Å². The Morgan fingerprint density at radius 2 is 1.05 bits per heavy atom. The van der Waals surface area contributed by atoms with Crippen molar-refractivity contribution in [3.8, 4) is 44.5 Å². The number of hydrogen-bond acceptors (Lipinski definition) is 2. The summed E-state index contributed by atoms with van der Waals surface area (Å²) in [6.07, 6.45) is 0. The number of benzene rings is 9. The molecule has 1 nitrogen and oxygen atoms in total. The first-order valence-corrected chi connectivity index (χ1v) is 21.9. The predicted octanol–water partition coefficient (Wildman–Crippen LogP) is 16.6. The maximum absolute atomic E-state index is 2.53. The average Bonchev–Trinajstić information content (AvgIpc) is 3.78. The summed E-state index contributed by atoms with van der Waals surface area (Å²) >= 11 is 1.89. The Morgan fingerprint density at radius 3 is 1.92 bits per heavy atom. The maximum Gasteiger partial charge on any atom is 0.0546 e. The second kappa shape index (κ2) is 12.9. The molecule has 0 radical (unpaired) electrons. The van der Waals surface area contributed by atoms with Crippen LogP contribution in [-0.2, 0) is 10.8 Å². The fourth-order valence-corrected chi connectivity index (χ4v) is 11.9. The van der Waals surface area contributed by atoms with Crippen molar-refractivity contribution in [3.63, 3.8) is 0 Å². The summed E-state index contributed by atoms with van der Waals surface area (Å²) in [4.78, 5) is 2.53. The lowest BCUT2D eigenvalue weighted by molar-refractivity contribution is 0.645. The molecule has 0 bridgehead atoms. The maximum atomic E-state index is 2.53. The molecule has 0 atom stereocenters. The quantitative estimate of drug-likeness (QED) is 0.168. The molecule has 2 aliphatic carbocycles. The molecule has 0 saturated carbocycles. The van der Waals surface area contributed by atoms with Crippen molar-refractivity contribution in [1.82, 2.24) is 0 Å². The highest BCUT2D eigenvalue weighted by molar-refractivity contribution is 7.26. The first-order chi connectivity index (χ1) is 29.3. The molecule has 286 valence electrons. The Labute approximate surface area is 355 Å². The highest BCUT2D eigenvalue weighted by atomic mass is 32.1. The molecule has 0 aliphatic heterocycles. The molecule has 0 saturated heterocycles. The molecular weight excluding hydrogens is 743 g/mol. The fraction of sp³-hybridized carbons (Fsp3) is 0.103. The fourth-order valence-electron chi connectivity index (χ4n) is 10.6. The van der Waals surface area contributed by atoms with Gasteiger partial charge in [0.25, 0.3) is 0 Å². The van der Waals surface area contributed by atoms with Gasteiger partial charge in [0, 0.05) is 47.9 Å². The van der Waals surface area contributed by atoms with Crippen molar-refractivity contribution in [3.05, 3.63) is 210 Å². The number of anilines is 3. The van der Waals surface area contributed by atoms with Gasteiger partial charge in [0.05, 0.1) is 5.69 Å². The first kappa shape index (κ1) is 35.2. The molecule has 12 rings (SSSR count). The smallest absolute Gasteiger partial charge is 0.0546 e. The van der Waals surface area contributed by atoms with Gasteiger partial charge in [0.2, 0.25) is 0 Å². The SMILES string of the molecule is CC1(C)c2ccccc2-c2ccc(N(c3ccc(-c4cccc5c4sc4ccccc45)cc3)c3ccc4cccc5c4c3-c3cc(-c4ccccc4)ccc3C5(C)C)cc21. The summed E-state index contributed by atoms with van der Waals surface area (Å²) in [6.45, 7) is 9.55. The van der Waals surface area contributed by atoms with Gasteiger partial charge in [-0.1, -0.05) is 173 Å². The van der Waals surface area contributed by atoms with E-state index in [4.69, 9.17) is 0 Å². The van der Waals surface area contributed by atoms with Gasteiger partial charge in [-0.2, -0.15) is 0 Å². The van der Waals surface area contributed by atoms with Gasteiger partial charge in [-0.15, -0.1) is 11.3 Å². The molecule has 1 heterocycles. The Balaban J connectivity index is 1.11. The van der Waals surface area contributed by atoms with E-state index in [1.54, 1.807) is 0 Å². The van der Waals surface area contributed by atoms with Crippen LogP contribution >= 0.6 is 11.3 Å². The largest absolute Gasteiger partial charge is 0.310 e. The lowest BCUT2D eigenvalue weighted by atomic mass is 9.67. The predicted molar refractivity (Wildman–Crippen MR) is 258 cm³/mol. The molecule has 2 heteroatoms. The van der Waals surface area contributed by atoms with Crippen molar-refractivity contribution in [1.29, 1.82) is 0 Å². The number of thiophene rings is 1. The highest BCUT2D eigenvalue weighted by Crippen LogP contribution is 2.56. The molecule has 0 unspecified atom stereocenters. The van der Waals surface area contributed by atoms with E-state index < -0.39 is 0 Å². The molecule has 0 N–H and O–H groups in total. The van der Waals surface area contributed by atoms with Gasteiger partial charge in [-0.05, 0) is 114 Å². The van der Waals surface area contributed by atoms with Gasteiger partial charge in [0.1, 0.15) is 0 Å². The summed E-state index contributed by atoms with van der Waals surface area (Å²) in [7, 11) is 0. The molecule has 1 aromatic heterocycles. The van der Waals surface area contributed by atoms with E-state index in [1.807, 2.05) is 11.3 Å². The second-order valence-electron chi connectivity index (χ2n) is 17.7. The summed E-state index contributed by atoms with van der Waals surface area (Å²) < 4.78 is 2.66. The molecule has 0 spiro atoms. The zero-order valence-corrected chi connectivity index (χ0v) is 35.1. The molecule has 9 aromatic carbocycles. The van der Waals surface area contributed by atoms with Crippen LogP contribution in [0.15, 0.2) is 188 Å². The minimum atomic E-state index is -0.181. The first-order valence-electron chi connectivity index (χ1n) is 21.1. The number of fused-ring (bicyclic) bond motifs is 8. The van der Waals surface area contributed by atoms with E-state index in [1.165, 1.54) is 103 Å². The Bertz CT molecular complexity index is 3370. The van der Waals surface area contributed by atoms with Crippen LogP contribution in [0, 0.1) is 0 Å². The number of nitrogens with zero attached hydrogens (tertiary/aromatic N) is 1. The molecule has 10 aromatic rings. The van der Waals surface area contributed by atoms with E-state index in [9.17, 15) is 0 Å². The van der Waals surface area contributed by atoms with Gasteiger partial charge in [-0.25, -0.2) is 0 Å². The standard InChI is InChI=1S/C58H43NS/c1-57(2)49-32-26-39(36-14-6-5-7-15-36)34-47(49)55-52(33-27-38-16-12-22-50(57)54(38)55)59(41-30-31-44-43-17-8-10-21-48(43)58(3,4)51(44)35-41)40-28-24-37(25-29-40)42-19-13-20-46-45-18-9-11-23-53(45)60-56(42)46/h5-35H,1-4H3. The van der Waals surface area contributed by atoms with Crippen molar-refractivity contribution >= 4 is 59.3 Å². The van der Waals surface area contributed by atoms with Crippen molar-refractivity contribution in [2.24, 2.45) is 0 Å². The van der Waals surface area contributed by atoms with Gasteiger partial charge in [0.15, 0.2) is 0 Å². The van der Waals surface area contributed by atoms with Crippen molar-refractivity contribution < 1.29 is 0 Å². The highest BCUT2D eigenvalue weighted by Gasteiger charge is 2.38. The minimum absolute atomic E-state index is 0.133. The van der Waals surface area contributed by atoms with Gasteiger partial charge >= 0.3 is 0 Å². The van der Waals surface area contributed by atoms with E-state index >= 15 is 0 Å². The summed E-state index contributed by atoms with van der Waals surface area (Å²) in [5.74, 6) is 0. The Kier molecular flexibility index (Phi) is 7.56. The summed E-state index contributed by atoms with van der Waals surface area (Å²) in [5.41, 5.74) is 18.9. The normalized spacial score (nSPS) is 14.3. The number of rotatable bonds is 5. The summed E-state index contributed by atoms with van der Waals surface area (Å²) in [6, 6.07) is 70.6. The molecule has 2 aliphatic rings. The van der Waals surface area contributed by atoms with Gasteiger partial charge in [-0.3, -0.25) is 0 Å². The van der Waals surface area contributed by atoms with Crippen molar-refractivity contribution in [2.75, 3.05) is 4.90 Å².